The molecule has 0 aliphatic carbocycles. The molecule has 0 aromatic carbocycles. The molecule has 0 aliphatic rings. The minimum absolute atomic E-state index is 0.137. The Morgan fingerprint density at radius 1 is 0.533 bits per heavy atom. The van der Waals surface area contributed by atoms with Crippen LogP contribution < -0.4 is 0 Å². The Bertz CT molecular complexity index is 436. The third kappa shape index (κ3) is 25.9. The van der Waals surface area contributed by atoms with E-state index in [1.54, 1.807) is 0 Å². The molecular weight excluding hydrogens is 396 g/mol. The molecule has 0 rings (SSSR count). The van der Waals surface area contributed by atoms with Crippen LogP contribution in [0.5, 0.6) is 0 Å². The van der Waals surface area contributed by atoms with E-state index >= 15 is 0 Å². The van der Waals surface area contributed by atoms with Crippen molar-refractivity contribution in [3.8, 4) is 0 Å². The summed E-state index contributed by atoms with van der Waals surface area (Å²) >= 11 is 0. The standard InChI is InChI=1S/C25H52O4S/c1-2-3-4-5-6-7-8-9-10-11-12-13-14-15-16-17-18-19-20-21-22-25(26)23-24-30(27,28)29/h25-26H,2-24H2,1H3,(H,27,28,29). The zero-order valence-electron chi connectivity index (χ0n) is 20.0. The minimum atomic E-state index is -3.94. The second-order valence-electron chi connectivity index (χ2n) is 9.23. The van der Waals surface area contributed by atoms with Gasteiger partial charge in [-0.05, 0) is 12.8 Å². The molecule has 5 heteroatoms. The fourth-order valence-electron chi connectivity index (χ4n) is 4.06. The predicted molar refractivity (Wildman–Crippen MR) is 130 cm³/mol. The maximum Gasteiger partial charge on any atom is 0.264 e. The fraction of sp³-hybridized carbons (Fsp3) is 1.00. The summed E-state index contributed by atoms with van der Waals surface area (Å²) in [4.78, 5) is 0. The van der Waals surface area contributed by atoms with Gasteiger partial charge in [-0.25, -0.2) is 0 Å². The van der Waals surface area contributed by atoms with E-state index in [2.05, 4.69) is 6.92 Å². The second kappa shape index (κ2) is 22.1. The zero-order valence-corrected chi connectivity index (χ0v) is 20.8. The summed E-state index contributed by atoms with van der Waals surface area (Å²) in [5, 5.41) is 9.69. The van der Waals surface area contributed by atoms with Gasteiger partial charge in [-0.15, -0.1) is 0 Å². The normalized spacial score (nSPS) is 13.0. The summed E-state index contributed by atoms with van der Waals surface area (Å²) in [6, 6.07) is 0. The first-order chi connectivity index (χ1) is 14.5. The van der Waals surface area contributed by atoms with Gasteiger partial charge in [0.15, 0.2) is 0 Å². The van der Waals surface area contributed by atoms with Crippen molar-refractivity contribution in [3.05, 3.63) is 0 Å². The molecule has 0 saturated heterocycles. The summed E-state index contributed by atoms with van der Waals surface area (Å²) in [6.07, 6.45) is 27.1. The molecule has 0 aliphatic heterocycles. The average molecular weight is 449 g/mol. The van der Waals surface area contributed by atoms with Crippen LogP contribution in [-0.4, -0.2) is 29.9 Å². The molecule has 1 atom stereocenters. The van der Waals surface area contributed by atoms with E-state index in [1.807, 2.05) is 0 Å². The molecule has 0 aromatic rings. The van der Waals surface area contributed by atoms with E-state index < -0.39 is 16.2 Å². The number of aliphatic hydroxyl groups excluding tert-OH is 1. The Morgan fingerprint density at radius 3 is 1.13 bits per heavy atom. The molecule has 0 saturated carbocycles. The lowest BCUT2D eigenvalue weighted by Gasteiger charge is -2.09. The highest BCUT2D eigenvalue weighted by molar-refractivity contribution is 7.85. The maximum atomic E-state index is 10.6. The monoisotopic (exact) mass is 448 g/mol. The number of rotatable bonds is 24. The second-order valence-corrected chi connectivity index (χ2v) is 10.8. The molecule has 1 unspecified atom stereocenters. The summed E-state index contributed by atoms with van der Waals surface area (Å²) in [5.41, 5.74) is 0. The van der Waals surface area contributed by atoms with Gasteiger partial charge in [-0.1, -0.05) is 135 Å². The summed E-state index contributed by atoms with van der Waals surface area (Å²) < 4.78 is 29.9. The highest BCUT2D eigenvalue weighted by atomic mass is 32.2. The first-order valence-electron chi connectivity index (χ1n) is 13.1. The van der Waals surface area contributed by atoms with Crippen LogP contribution in [0.3, 0.4) is 0 Å². The van der Waals surface area contributed by atoms with E-state index in [0.29, 0.717) is 6.42 Å². The van der Waals surface area contributed by atoms with Crippen molar-refractivity contribution < 1.29 is 18.1 Å². The van der Waals surface area contributed by atoms with Crippen LogP contribution in [0.4, 0.5) is 0 Å². The number of hydrogen-bond donors (Lipinski definition) is 2. The Labute approximate surface area is 188 Å². The van der Waals surface area contributed by atoms with Crippen LogP contribution in [0.1, 0.15) is 148 Å². The molecule has 0 amide bonds. The molecule has 0 spiro atoms. The van der Waals surface area contributed by atoms with Gasteiger partial charge >= 0.3 is 0 Å². The molecule has 0 fully saturated rings. The van der Waals surface area contributed by atoms with Crippen molar-refractivity contribution in [3.63, 3.8) is 0 Å². The summed E-state index contributed by atoms with van der Waals surface area (Å²) in [6.45, 7) is 2.28. The SMILES string of the molecule is CCCCCCCCCCCCCCCCCCCCCCC(O)CCS(=O)(=O)O. The third-order valence-corrected chi connectivity index (χ3v) is 6.85. The van der Waals surface area contributed by atoms with Crippen molar-refractivity contribution >= 4 is 10.1 Å². The largest absolute Gasteiger partial charge is 0.393 e. The smallest absolute Gasteiger partial charge is 0.264 e. The number of unbranched alkanes of at least 4 members (excludes halogenated alkanes) is 19. The summed E-state index contributed by atoms with van der Waals surface area (Å²) in [5.74, 6) is -0.340. The lowest BCUT2D eigenvalue weighted by Crippen LogP contribution is -2.14. The van der Waals surface area contributed by atoms with Gasteiger partial charge in [0.05, 0.1) is 11.9 Å². The van der Waals surface area contributed by atoms with Crippen molar-refractivity contribution in [1.82, 2.24) is 0 Å². The molecule has 182 valence electrons. The third-order valence-electron chi connectivity index (χ3n) is 6.10. The van der Waals surface area contributed by atoms with Gasteiger partial charge in [-0.3, -0.25) is 4.55 Å². The van der Waals surface area contributed by atoms with Crippen LogP contribution in [0, 0.1) is 0 Å². The molecule has 30 heavy (non-hydrogen) atoms. The Balaban J connectivity index is 3.13. The highest BCUT2D eigenvalue weighted by Gasteiger charge is 2.10. The first kappa shape index (κ1) is 29.9. The van der Waals surface area contributed by atoms with E-state index in [-0.39, 0.29) is 12.2 Å². The molecule has 0 radical (unpaired) electrons. The van der Waals surface area contributed by atoms with E-state index in [0.717, 1.165) is 12.8 Å². The van der Waals surface area contributed by atoms with E-state index in [9.17, 15) is 13.5 Å². The van der Waals surface area contributed by atoms with Gasteiger partial charge in [0, 0.05) is 0 Å². The topological polar surface area (TPSA) is 74.6 Å². The van der Waals surface area contributed by atoms with E-state index in [4.69, 9.17) is 4.55 Å². The molecule has 0 bridgehead atoms. The highest BCUT2D eigenvalue weighted by Crippen LogP contribution is 2.15. The molecule has 0 aromatic heterocycles. The Hall–Kier alpha value is -0.130. The van der Waals surface area contributed by atoms with Gasteiger partial charge < -0.3 is 5.11 Å². The number of hydrogen-bond acceptors (Lipinski definition) is 3. The lowest BCUT2D eigenvalue weighted by atomic mass is 10.0. The van der Waals surface area contributed by atoms with Crippen LogP contribution in [0.15, 0.2) is 0 Å². The van der Waals surface area contributed by atoms with E-state index in [1.165, 1.54) is 116 Å². The van der Waals surface area contributed by atoms with Crippen molar-refractivity contribution in [1.29, 1.82) is 0 Å². The molecule has 4 nitrogen and oxygen atoms in total. The van der Waals surface area contributed by atoms with Gasteiger partial charge in [-0.2, -0.15) is 8.42 Å². The predicted octanol–water partition coefficient (Wildman–Crippen LogP) is 7.84. The molecule has 0 heterocycles. The number of aliphatic hydroxyl groups is 1. The Kier molecular flexibility index (Phi) is 22.0. The van der Waals surface area contributed by atoms with Gasteiger partial charge in [0.25, 0.3) is 10.1 Å². The van der Waals surface area contributed by atoms with Gasteiger partial charge in [0.2, 0.25) is 0 Å². The average Bonchev–Trinajstić information content (AvgIpc) is 2.70. The van der Waals surface area contributed by atoms with Crippen LogP contribution in [0.2, 0.25) is 0 Å². The maximum absolute atomic E-state index is 10.6. The summed E-state index contributed by atoms with van der Waals surface area (Å²) in [7, 11) is -3.94. The Morgan fingerprint density at radius 2 is 0.833 bits per heavy atom. The molecular formula is C25H52O4S. The van der Waals surface area contributed by atoms with Crippen LogP contribution in [-0.2, 0) is 10.1 Å². The minimum Gasteiger partial charge on any atom is -0.393 e. The van der Waals surface area contributed by atoms with Crippen LogP contribution in [0.25, 0.3) is 0 Å². The lowest BCUT2D eigenvalue weighted by molar-refractivity contribution is 0.156. The zero-order chi connectivity index (χ0) is 22.3. The van der Waals surface area contributed by atoms with Crippen molar-refractivity contribution in [2.75, 3.05) is 5.75 Å². The van der Waals surface area contributed by atoms with Crippen molar-refractivity contribution in [2.24, 2.45) is 0 Å². The van der Waals surface area contributed by atoms with Crippen molar-refractivity contribution in [2.45, 2.75) is 154 Å². The molecule has 2 N–H and O–H groups in total. The quantitative estimate of drug-likeness (QED) is 0.116. The van der Waals surface area contributed by atoms with Gasteiger partial charge in [0.1, 0.15) is 0 Å². The van der Waals surface area contributed by atoms with Crippen LogP contribution >= 0.6 is 0 Å². The first-order valence-corrected chi connectivity index (χ1v) is 14.7. The fourth-order valence-corrected chi connectivity index (χ4v) is 4.63.